The molecule has 2 aromatic rings. The molecule has 0 spiro atoms. The maximum Gasteiger partial charge on any atom is 0.272 e. The second-order valence-electron chi connectivity index (χ2n) is 8.23. The number of hydrogen-bond acceptors (Lipinski definition) is 5. The van der Waals surface area contributed by atoms with E-state index in [1.807, 2.05) is 34.6 Å². The second-order valence-corrected chi connectivity index (χ2v) is 8.23. The molecule has 1 amide bonds. The fraction of sp³-hybridized carbons (Fsp3) is 0.619. The molecule has 1 aliphatic carbocycles. The van der Waals surface area contributed by atoms with Gasteiger partial charge >= 0.3 is 0 Å². The summed E-state index contributed by atoms with van der Waals surface area (Å²) in [5.41, 5.74) is 2.12. The van der Waals surface area contributed by atoms with Crippen LogP contribution in [-0.4, -0.2) is 45.5 Å². The van der Waals surface area contributed by atoms with Crippen molar-refractivity contribution in [1.29, 1.82) is 0 Å². The van der Waals surface area contributed by atoms with Crippen LogP contribution < -0.4 is 14.9 Å². The van der Waals surface area contributed by atoms with Gasteiger partial charge in [0.05, 0.1) is 24.5 Å². The first-order valence-electron chi connectivity index (χ1n) is 10.2. The van der Waals surface area contributed by atoms with Crippen molar-refractivity contribution in [2.75, 3.05) is 13.7 Å². The average molecular weight is 405 g/mol. The summed E-state index contributed by atoms with van der Waals surface area (Å²) in [5.74, 6) is 0.771. The van der Waals surface area contributed by atoms with E-state index in [4.69, 9.17) is 4.84 Å². The van der Waals surface area contributed by atoms with Gasteiger partial charge in [-0.15, -0.1) is 0 Å². The van der Waals surface area contributed by atoms with Crippen LogP contribution in [0.3, 0.4) is 0 Å². The summed E-state index contributed by atoms with van der Waals surface area (Å²) in [6, 6.07) is -0.352. The number of aliphatic hydroxyl groups is 1. The van der Waals surface area contributed by atoms with Crippen LogP contribution in [0.2, 0.25) is 0 Å². The third-order valence-electron chi connectivity index (χ3n) is 5.02. The first-order valence-corrected chi connectivity index (χ1v) is 10.2. The second kappa shape index (κ2) is 9.35. The van der Waals surface area contributed by atoms with Crippen molar-refractivity contribution in [1.82, 2.24) is 20.1 Å². The van der Waals surface area contributed by atoms with Gasteiger partial charge in [-0.3, -0.25) is 9.63 Å². The third kappa shape index (κ3) is 4.93. The van der Waals surface area contributed by atoms with Crippen molar-refractivity contribution in [3.8, 4) is 5.82 Å². The van der Waals surface area contributed by atoms with E-state index < -0.39 is 0 Å². The Labute approximate surface area is 172 Å². The number of carbonyl (C=O) groups excluding carboxylic acids is 1. The average Bonchev–Trinajstić information content (AvgIpc) is 3.23. The molecule has 29 heavy (non-hydrogen) atoms. The van der Waals surface area contributed by atoms with Crippen molar-refractivity contribution in [3.63, 3.8) is 0 Å². The number of aromatic nitrogens is 4. The molecule has 0 aliphatic heterocycles. The fourth-order valence-electron chi connectivity index (χ4n) is 3.38. The van der Waals surface area contributed by atoms with Gasteiger partial charge in [0, 0.05) is 10.3 Å². The van der Waals surface area contributed by atoms with Crippen molar-refractivity contribution in [2.24, 2.45) is 11.3 Å². The minimum atomic E-state index is -0.352. The number of fused-ring (bicyclic) bond motifs is 1. The Balaban J connectivity index is 0.00000145. The molecule has 0 radical (unpaired) electrons. The van der Waals surface area contributed by atoms with Gasteiger partial charge in [0.25, 0.3) is 12.1 Å². The third-order valence-corrected chi connectivity index (χ3v) is 5.02. The highest BCUT2D eigenvalue weighted by molar-refractivity contribution is 5.94. The molecule has 0 saturated heterocycles. The van der Waals surface area contributed by atoms with Gasteiger partial charge in [-0.25, -0.2) is 9.67 Å². The van der Waals surface area contributed by atoms with Crippen molar-refractivity contribution in [2.45, 2.75) is 60.4 Å². The Morgan fingerprint density at radius 1 is 1.41 bits per heavy atom. The van der Waals surface area contributed by atoms with Crippen LogP contribution in [0.5, 0.6) is 0 Å². The standard InChI is InChI=1S/C19H27N5O3.C2H6/c1-12-8-13-14(9-12)24(16-10-23(27-5)7-6-20-16)22-17(13)18(26)21-15(11-25)19(2,3)4;1-2/h6-7,10,12,15,25H,8-9,11H2,1-5H3;1-2H3/p+1. The summed E-state index contributed by atoms with van der Waals surface area (Å²) in [4.78, 5) is 22.5. The molecule has 8 nitrogen and oxygen atoms in total. The van der Waals surface area contributed by atoms with Gasteiger partial charge in [0.1, 0.15) is 7.11 Å². The van der Waals surface area contributed by atoms with E-state index in [9.17, 15) is 9.90 Å². The van der Waals surface area contributed by atoms with Gasteiger partial charge in [-0.2, -0.15) is 5.10 Å². The molecule has 2 aromatic heterocycles. The summed E-state index contributed by atoms with van der Waals surface area (Å²) in [6.45, 7) is 12.0. The zero-order valence-electron chi connectivity index (χ0n) is 18.6. The van der Waals surface area contributed by atoms with E-state index in [2.05, 4.69) is 22.3 Å². The molecule has 2 N–H and O–H groups in total. The summed E-state index contributed by atoms with van der Waals surface area (Å²) >= 11 is 0. The van der Waals surface area contributed by atoms with Gasteiger partial charge in [-0.1, -0.05) is 41.5 Å². The van der Waals surface area contributed by atoms with Gasteiger partial charge in [0.2, 0.25) is 12.0 Å². The molecular weight excluding hydrogens is 370 g/mol. The number of rotatable bonds is 5. The lowest BCUT2D eigenvalue weighted by atomic mass is 9.87. The van der Waals surface area contributed by atoms with Gasteiger partial charge in [-0.05, 0) is 24.2 Å². The molecule has 0 bridgehead atoms. The normalized spacial score (nSPS) is 16.5. The summed E-state index contributed by atoms with van der Waals surface area (Å²) < 4.78 is 3.27. The van der Waals surface area contributed by atoms with Crippen LogP contribution in [0.15, 0.2) is 18.6 Å². The molecule has 2 atom stereocenters. The number of aliphatic hydroxyl groups excluding tert-OH is 1. The molecule has 2 unspecified atom stereocenters. The van der Waals surface area contributed by atoms with Crippen LogP contribution in [0, 0.1) is 11.3 Å². The topological polar surface area (TPSA) is 93.2 Å². The summed E-state index contributed by atoms with van der Waals surface area (Å²) in [7, 11) is 1.57. The molecule has 3 rings (SSSR count). The van der Waals surface area contributed by atoms with Crippen LogP contribution >= 0.6 is 0 Å². The lowest BCUT2D eigenvalue weighted by Gasteiger charge is -2.29. The lowest BCUT2D eigenvalue weighted by molar-refractivity contribution is -0.885. The molecule has 0 aromatic carbocycles. The Kier molecular flexibility index (Phi) is 7.35. The number of nitrogens with one attached hydrogen (secondary N) is 1. The zero-order chi connectivity index (χ0) is 21.8. The maximum atomic E-state index is 12.9. The van der Waals surface area contributed by atoms with E-state index >= 15 is 0 Å². The largest absolute Gasteiger partial charge is 0.394 e. The van der Waals surface area contributed by atoms with Crippen LogP contribution in [0.25, 0.3) is 5.82 Å². The highest BCUT2D eigenvalue weighted by atomic mass is 16.6. The number of carbonyl (C=O) groups is 1. The van der Waals surface area contributed by atoms with E-state index in [1.165, 1.54) is 4.73 Å². The smallest absolute Gasteiger partial charge is 0.272 e. The number of hydrogen-bond donors (Lipinski definition) is 2. The minimum Gasteiger partial charge on any atom is -0.394 e. The van der Waals surface area contributed by atoms with Crippen molar-refractivity contribution < 1.29 is 19.5 Å². The Morgan fingerprint density at radius 2 is 2.10 bits per heavy atom. The van der Waals surface area contributed by atoms with Crippen LogP contribution in [0.1, 0.15) is 63.3 Å². The van der Waals surface area contributed by atoms with Crippen molar-refractivity contribution >= 4 is 5.91 Å². The molecule has 0 fully saturated rings. The lowest BCUT2D eigenvalue weighted by Crippen LogP contribution is -2.46. The van der Waals surface area contributed by atoms with Gasteiger partial charge in [0.15, 0.2) is 5.69 Å². The molecule has 160 valence electrons. The Morgan fingerprint density at radius 3 is 2.69 bits per heavy atom. The van der Waals surface area contributed by atoms with E-state index in [0.29, 0.717) is 17.4 Å². The monoisotopic (exact) mass is 404 g/mol. The molecule has 8 heteroatoms. The fourth-order valence-corrected chi connectivity index (χ4v) is 3.38. The van der Waals surface area contributed by atoms with Crippen molar-refractivity contribution in [3.05, 3.63) is 35.5 Å². The zero-order valence-corrected chi connectivity index (χ0v) is 18.6. The van der Waals surface area contributed by atoms with E-state index in [1.54, 1.807) is 30.4 Å². The number of nitrogens with zero attached hydrogens (tertiary/aromatic N) is 4. The predicted molar refractivity (Wildman–Crippen MR) is 110 cm³/mol. The van der Waals surface area contributed by atoms with E-state index in [-0.39, 0.29) is 24.0 Å². The highest BCUT2D eigenvalue weighted by Gasteiger charge is 2.33. The first kappa shape index (κ1) is 22.8. The summed E-state index contributed by atoms with van der Waals surface area (Å²) in [6.07, 6.45) is 6.69. The minimum absolute atomic E-state index is 0.122. The Bertz CT molecular complexity index is 841. The highest BCUT2D eigenvalue weighted by Crippen LogP contribution is 2.31. The Hall–Kier alpha value is -2.48. The number of amides is 1. The van der Waals surface area contributed by atoms with E-state index in [0.717, 1.165) is 24.1 Å². The summed E-state index contributed by atoms with van der Waals surface area (Å²) in [5, 5.41) is 17.2. The van der Waals surface area contributed by atoms with Gasteiger partial charge < -0.3 is 10.4 Å². The molecule has 1 aliphatic rings. The van der Waals surface area contributed by atoms with Crippen LogP contribution in [0.4, 0.5) is 0 Å². The predicted octanol–water partition coefficient (Wildman–Crippen LogP) is 1.51. The molecule has 2 heterocycles. The SMILES string of the molecule is CC.CO[n+]1ccnc(-n2nc(C(=O)NC(CO)C(C)(C)C)c3c2CC(C)C3)c1. The van der Waals surface area contributed by atoms with Crippen LogP contribution in [-0.2, 0) is 12.8 Å². The molecule has 0 saturated carbocycles. The first-order chi connectivity index (χ1) is 13.7. The maximum absolute atomic E-state index is 12.9. The quantitative estimate of drug-likeness (QED) is 0.737. The molecular formula is C21H34N5O3+.